The smallest absolute Gasteiger partial charge is 0.224 e. The lowest BCUT2D eigenvalue weighted by Gasteiger charge is -2.09. The van der Waals surface area contributed by atoms with E-state index in [1.54, 1.807) is 0 Å². The van der Waals surface area contributed by atoms with Crippen LogP contribution >= 0.6 is 0 Å². The van der Waals surface area contributed by atoms with Gasteiger partial charge in [-0.25, -0.2) is 4.98 Å². The van der Waals surface area contributed by atoms with E-state index in [-0.39, 0.29) is 0 Å². The summed E-state index contributed by atoms with van der Waals surface area (Å²) in [6, 6.07) is 1.93. The van der Waals surface area contributed by atoms with Crippen molar-refractivity contribution in [3.8, 4) is 0 Å². The second-order valence-electron chi connectivity index (χ2n) is 4.79. The third kappa shape index (κ3) is 3.46. The van der Waals surface area contributed by atoms with Crippen molar-refractivity contribution in [1.82, 2.24) is 19.7 Å². The number of aromatic nitrogens is 4. The van der Waals surface area contributed by atoms with Crippen molar-refractivity contribution in [3.05, 3.63) is 23.7 Å². The first kappa shape index (κ1) is 14.3. The molecule has 2 aromatic heterocycles. The molecule has 2 N–H and O–H groups in total. The van der Waals surface area contributed by atoms with E-state index in [1.165, 1.54) is 0 Å². The monoisotopic (exact) mass is 274 g/mol. The highest BCUT2D eigenvalue weighted by atomic mass is 15.3. The Morgan fingerprint density at radius 3 is 2.75 bits per heavy atom. The van der Waals surface area contributed by atoms with Crippen LogP contribution in [0.25, 0.3) is 0 Å². The minimum Gasteiger partial charge on any atom is -0.354 e. The van der Waals surface area contributed by atoms with Crippen LogP contribution in [-0.4, -0.2) is 26.3 Å². The largest absolute Gasteiger partial charge is 0.354 e. The zero-order valence-corrected chi connectivity index (χ0v) is 12.6. The Morgan fingerprint density at radius 1 is 1.25 bits per heavy atom. The van der Waals surface area contributed by atoms with Gasteiger partial charge in [0.15, 0.2) is 0 Å². The van der Waals surface area contributed by atoms with Gasteiger partial charge in [-0.3, -0.25) is 4.68 Å². The summed E-state index contributed by atoms with van der Waals surface area (Å²) in [5.41, 5.74) is 2.96. The Hall–Kier alpha value is -2.11. The van der Waals surface area contributed by atoms with Crippen LogP contribution < -0.4 is 10.6 Å². The summed E-state index contributed by atoms with van der Waals surface area (Å²) in [5, 5.41) is 11.0. The molecule has 0 saturated heterocycles. The number of rotatable bonds is 6. The molecule has 2 aromatic rings. The van der Waals surface area contributed by atoms with E-state index in [4.69, 9.17) is 0 Å². The number of aryl methyl sites for hydroxylation is 3. The van der Waals surface area contributed by atoms with Gasteiger partial charge in [-0.15, -0.1) is 0 Å². The SMILES string of the molecule is CCCNc1nc(C)cc(Nc2cn(C)nc2CC)n1. The molecule has 0 spiro atoms. The summed E-state index contributed by atoms with van der Waals surface area (Å²) in [6.45, 7) is 7.04. The third-order valence-corrected chi connectivity index (χ3v) is 2.89. The molecule has 0 fully saturated rings. The van der Waals surface area contributed by atoms with E-state index in [1.807, 2.05) is 30.9 Å². The molecule has 6 nitrogen and oxygen atoms in total. The Balaban J connectivity index is 2.21. The van der Waals surface area contributed by atoms with Gasteiger partial charge in [0.25, 0.3) is 0 Å². The molecule has 20 heavy (non-hydrogen) atoms. The van der Waals surface area contributed by atoms with Crippen molar-refractivity contribution in [3.63, 3.8) is 0 Å². The van der Waals surface area contributed by atoms with Gasteiger partial charge >= 0.3 is 0 Å². The molecule has 108 valence electrons. The van der Waals surface area contributed by atoms with E-state index in [0.717, 1.165) is 42.3 Å². The molecule has 0 radical (unpaired) electrons. The normalized spacial score (nSPS) is 10.6. The molecule has 0 unspecified atom stereocenters. The molecule has 0 aliphatic carbocycles. The fourth-order valence-electron chi connectivity index (χ4n) is 1.99. The summed E-state index contributed by atoms with van der Waals surface area (Å²) >= 11 is 0. The van der Waals surface area contributed by atoms with Crippen LogP contribution in [0.15, 0.2) is 12.3 Å². The van der Waals surface area contributed by atoms with E-state index in [0.29, 0.717) is 5.95 Å². The first-order valence-corrected chi connectivity index (χ1v) is 7.01. The van der Waals surface area contributed by atoms with Crippen molar-refractivity contribution in [2.24, 2.45) is 7.05 Å². The van der Waals surface area contributed by atoms with Gasteiger partial charge in [0.1, 0.15) is 5.82 Å². The first-order valence-electron chi connectivity index (χ1n) is 7.01. The van der Waals surface area contributed by atoms with Crippen LogP contribution in [0.2, 0.25) is 0 Å². The number of hydrogen-bond donors (Lipinski definition) is 2. The van der Waals surface area contributed by atoms with Crippen LogP contribution in [-0.2, 0) is 13.5 Å². The van der Waals surface area contributed by atoms with Crippen LogP contribution in [0.1, 0.15) is 31.7 Å². The molecular weight excluding hydrogens is 252 g/mol. The van der Waals surface area contributed by atoms with E-state index >= 15 is 0 Å². The predicted molar refractivity (Wildman–Crippen MR) is 81.4 cm³/mol. The molecule has 0 amide bonds. The van der Waals surface area contributed by atoms with Crippen molar-refractivity contribution in [2.45, 2.75) is 33.6 Å². The highest BCUT2D eigenvalue weighted by molar-refractivity contribution is 5.59. The third-order valence-electron chi connectivity index (χ3n) is 2.89. The van der Waals surface area contributed by atoms with Gasteiger partial charge in [0.2, 0.25) is 5.95 Å². The van der Waals surface area contributed by atoms with Crippen LogP contribution in [0.3, 0.4) is 0 Å². The maximum absolute atomic E-state index is 4.48. The molecule has 0 aliphatic rings. The standard InChI is InChI=1S/C14H22N6/c1-5-7-15-14-16-10(3)8-13(18-14)17-12-9-20(4)19-11(12)6-2/h8-9H,5-7H2,1-4H3,(H2,15,16,17,18). The second-order valence-corrected chi connectivity index (χ2v) is 4.79. The molecule has 2 rings (SSSR count). The Bertz CT molecular complexity index is 575. The number of nitrogens with one attached hydrogen (secondary N) is 2. The molecule has 0 aliphatic heterocycles. The van der Waals surface area contributed by atoms with Crippen LogP contribution in [0, 0.1) is 6.92 Å². The summed E-state index contributed by atoms with van der Waals surface area (Å²) in [7, 11) is 1.92. The molecule has 0 aromatic carbocycles. The second kappa shape index (κ2) is 6.36. The lowest BCUT2D eigenvalue weighted by molar-refractivity contribution is 0.746. The van der Waals surface area contributed by atoms with Crippen molar-refractivity contribution in [2.75, 3.05) is 17.2 Å². The molecule has 6 heteroatoms. The van der Waals surface area contributed by atoms with Gasteiger partial charge in [0, 0.05) is 31.5 Å². The summed E-state index contributed by atoms with van der Waals surface area (Å²) in [5.74, 6) is 1.45. The Labute approximate surface area is 119 Å². The molecule has 0 saturated carbocycles. The fraction of sp³-hybridized carbons (Fsp3) is 0.500. The highest BCUT2D eigenvalue weighted by Crippen LogP contribution is 2.20. The maximum Gasteiger partial charge on any atom is 0.224 e. The molecule has 2 heterocycles. The van der Waals surface area contributed by atoms with Gasteiger partial charge in [-0.1, -0.05) is 13.8 Å². The summed E-state index contributed by atoms with van der Waals surface area (Å²) < 4.78 is 1.81. The number of hydrogen-bond acceptors (Lipinski definition) is 5. The predicted octanol–water partition coefficient (Wildman–Crippen LogP) is 2.65. The van der Waals surface area contributed by atoms with Crippen LogP contribution in [0.5, 0.6) is 0 Å². The van der Waals surface area contributed by atoms with Crippen molar-refractivity contribution < 1.29 is 0 Å². The zero-order chi connectivity index (χ0) is 14.5. The maximum atomic E-state index is 4.48. The molecule has 0 atom stereocenters. The topological polar surface area (TPSA) is 67.7 Å². The summed E-state index contributed by atoms with van der Waals surface area (Å²) in [6.07, 6.45) is 3.90. The molecular formula is C14H22N6. The van der Waals surface area contributed by atoms with Gasteiger partial charge < -0.3 is 10.6 Å². The first-order chi connectivity index (χ1) is 9.62. The van der Waals surface area contributed by atoms with E-state index in [2.05, 4.69) is 39.5 Å². The Morgan fingerprint density at radius 2 is 2.05 bits per heavy atom. The number of nitrogens with zero attached hydrogens (tertiary/aromatic N) is 4. The summed E-state index contributed by atoms with van der Waals surface area (Å²) in [4.78, 5) is 8.86. The average Bonchev–Trinajstić information content (AvgIpc) is 2.75. The van der Waals surface area contributed by atoms with Crippen molar-refractivity contribution in [1.29, 1.82) is 0 Å². The van der Waals surface area contributed by atoms with Crippen LogP contribution in [0.4, 0.5) is 17.5 Å². The van der Waals surface area contributed by atoms with Gasteiger partial charge in [0.05, 0.1) is 11.4 Å². The van der Waals surface area contributed by atoms with Gasteiger partial charge in [-0.2, -0.15) is 10.1 Å². The Kier molecular flexibility index (Phi) is 4.55. The van der Waals surface area contributed by atoms with Crippen molar-refractivity contribution >= 4 is 17.5 Å². The highest BCUT2D eigenvalue weighted by Gasteiger charge is 2.08. The number of anilines is 3. The van der Waals surface area contributed by atoms with E-state index < -0.39 is 0 Å². The lowest BCUT2D eigenvalue weighted by atomic mass is 10.3. The lowest BCUT2D eigenvalue weighted by Crippen LogP contribution is -2.07. The quantitative estimate of drug-likeness (QED) is 0.847. The minimum absolute atomic E-state index is 0.663. The average molecular weight is 274 g/mol. The minimum atomic E-state index is 0.663. The molecule has 0 bridgehead atoms. The van der Waals surface area contributed by atoms with Gasteiger partial charge in [-0.05, 0) is 19.8 Å². The van der Waals surface area contributed by atoms with E-state index in [9.17, 15) is 0 Å². The zero-order valence-electron chi connectivity index (χ0n) is 12.6. The fourth-order valence-corrected chi connectivity index (χ4v) is 1.99.